The summed E-state index contributed by atoms with van der Waals surface area (Å²) >= 11 is 0. The van der Waals surface area contributed by atoms with Gasteiger partial charge in [-0.15, -0.1) is 0 Å². The highest BCUT2D eigenvalue weighted by atomic mass is 16.5. The van der Waals surface area contributed by atoms with Crippen LogP contribution in [0, 0.1) is 19.8 Å². The van der Waals surface area contributed by atoms with E-state index in [-0.39, 0.29) is 0 Å². The Labute approximate surface area is 105 Å². The third-order valence-corrected chi connectivity index (χ3v) is 3.99. The van der Waals surface area contributed by atoms with Crippen LogP contribution < -0.4 is 4.74 Å². The molecule has 0 aliphatic heterocycles. The fourth-order valence-corrected chi connectivity index (χ4v) is 2.79. The minimum atomic E-state index is 0.439. The fourth-order valence-electron chi connectivity index (χ4n) is 2.79. The van der Waals surface area contributed by atoms with Gasteiger partial charge in [0.1, 0.15) is 11.9 Å². The van der Waals surface area contributed by atoms with E-state index < -0.39 is 0 Å². The largest absolute Gasteiger partial charge is 0.490 e. The standard InChI is InChI=1S/C16H24O/c1-4-14-7-5-6-8-15(14)17-16-11-12(2)9-10-13(16)3/h9-11,14-15H,4-8H2,1-3H3. The minimum Gasteiger partial charge on any atom is -0.490 e. The van der Waals surface area contributed by atoms with Gasteiger partial charge < -0.3 is 4.74 Å². The maximum absolute atomic E-state index is 6.27. The normalized spacial score (nSPS) is 24.6. The molecule has 1 aliphatic carbocycles. The van der Waals surface area contributed by atoms with Gasteiger partial charge in [0.25, 0.3) is 0 Å². The van der Waals surface area contributed by atoms with Crippen molar-refractivity contribution in [1.82, 2.24) is 0 Å². The highest BCUT2D eigenvalue weighted by molar-refractivity contribution is 5.36. The Morgan fingerprint density at radius 1 is 1.18 bits per heavy atom. The van der Waals surface area contributed by atoms with E-state index in [0.29, 0.717) is 6.10 Å². The van der Waals surface area contributed by atoms with Gasteiger partial charge in [0.15, 0.2) is 0 Å². The molecule has 2 atom stereocenters. The third kappa shape index (κ3) is 3.02. The molecule has 2 unspecified atom stereocenters. The van der Waals surface area contributed by atoms with Crippen molar-refractivity contribution in [3.63, 3.8) is 0 Å². The Balaban J connectivity index is 2.10. The molecule has 1 nitrogen and oxygen atoms in total. The van der Waals surface area contributed by atoms with Gasteiger partial charge in [0, 0.05) is 0 Å². The summed E-state index contributed by atoms with van der Waals surface area (Å²) in [4.78, 5) is 0. The first-order valence-corrected chi connectivity index (χ1v) is 6.94. The fraction of sp³-hybridized carbons (Fsp3) is 0.625. The molecule has 0 heterocycles. The molecule has 1 aromatic carbocycles. The molecule has 0 saturated heterocycles. The number of benzene rings is 1. The molecule has 0 amide bonds. The van der Waals surface area contributed by atoms with E-state index in [2.05, 4.69) is 39.0 Å². The summed E-state index contributed by atoms with van der Waals surface area (Å²) in [6.07, 6.45) is 6.96. The van der Waals surface area contributed by atoms with Crippen molar-refractivity contribution < 1.29 is 4.74 Å². The Morgan fingerprint density at radius 2 is 1.94 bits per heavy atom. The monoisotopic (exact) mass is 232 g/mol. The smallest absolute Gasteiger partial charge is 0.122 e. The third-order valence-electron chi connectivity index (χ3n) is 3.99. The van der Waals surface area contributed by atoms with E-state index in [9.17, 15) is 0 Å². The lowest BCUT2D eigenvalue weighted by atomic mass is 9.84. The van der Waals surface area contributed by atoms with Gasteiger partial charge in [-0.05, 0) is 62.6 Å². The zero-order chi connectivity index (χ0) is 12.3. The number of rotatable bonds is 3. The van der Waals surface area contributed by atoms with Crippen LogP contribution in [0.4, 0.5) is 0 Å². The molecular formula is C16H24O. The van der Waals surface area contributed by atoms with Crippen molar-refractivity contribution in [1.29, 1.82) is 0 Å². The van der Waals surface area contributed by atoms with E-state index in [1.807, 2.05) is 0 Å². The predicted octanol–water partition coefficient (Wildman–Crippen LogP) is 4.65. The summed E-state index contributed by atoms with van der Waals surface area (Å²) in [5.74, 6) is 1.85. The molecule has 0 N–H and O–H groups in total. The van der Waals surface area contributed by atoms with E-state index >= 15 is 0 Å². The molecular weight excluding hydrogens is 208 g/mol. The number of hydrogen-bond acceptors (Lipinski definition) is 1. The van der Waals surface area contributed by atoms with E-state index in [0.717, 1.165) is 11.7 Å². The quantitative estimate of drug-likeness (QED) is 0.737. The first kappa shape index (κ1) is 12.5. The second kappa shape index (κ2) is 5.57. The molecule has 0 radical (unpaired) electrons. The van der Waals surface area contributed by atoms with Gasteiger partial charge in [0.2, 0.25) is 0 Å². The van der Waals surface area contributed by atoms with Crippen LogP contribution in [-0.4, -0.2) is 6.10 Å². The van der Waals surface area contributed by atoms with Gasteiger partial charge >= 0.3 is 0 Å². The Hall–Kier alpha value is -0.980. The molecule has 1 heteroatoms. The predicted molar refractivity (Wildman–Crippen MR) is 72.6 cm³/mol. The minimum absolute atomic E-state index is 0.439. The number of aryl methyl sites for hydroxylation is 2. The van der Waals surface area contributed by atoms with E-state index in [1.54, 1.807) is 0 Å². The van der Waals surface area contributed by atoms with Crippen molar-refractivity contribution in [3.8, 4) is 5.75 Å². The van der Waals surface area contributed by atoms with Crippen LogP contribution in [0.2, 0.25) is 0 Å². The number of hydrogen-bond donors (Lipinski definition) is 0. The summed E-state index contributed by atoms with van der Waals surface area (Å²) in [5.41, 5.74) is 2.55. The van der Waals surface area contributed by atoms with Crippen LogP contribution >= 0.6 is 0 Å². The van der Waals surface area contributed by atoms with Crippen LogP contribution in [0.5, 0.6) is 5.75 Å². The van der Waals surface area contributed by atoms with Crippen LogP contribution in [-0.2, 0) is 0 Å². The average molecular weight is 232 g/mol. The molecule has 17 heavy (non-hydrogen) atoms. The van der Waals surface area contributed by atoms with Gasteiger partial charge in [-0.1, -0.05) is 25.5 Å². The first-order valence-electron chi connectivity index (χ1n) is 6.94. The zero-order valence-electron chi connectivity index (χ0n) is 11.3. The maximum atomic E-state index is 6.27. The molecule has 94 valence electrons. The van der Waals surface area contributed by atoms with Crippen molar-refractivity contribution in [2.24, 2.45) is 5.92 Å². The van der Waals surface area contributed by atoms with E-state index in [1.165, 1.54) is 43.2 Å². The van der Waals surface area contributed by atoms with Crippen molar-refractivity contribution in [2.45, 2.75) is 59.0 Å². The van der Waals surface area contributed by atoms with Gasteiger partial charge in [-0.3, -0.25) is 0 Å². The lowest BCUT2D eigenvalue weighted by molar-refractivity contribution is 0.0896. The van der Waals surface area contributed by atoms with Crippen LogP contribution in [0.15, 0.2) is 18.2 Å². The SMILES string of the molecule is CCC1CCCCC1Oc1cc(C)ccc1C. The van der Waals surface area contributed by atoms with Crippen molar-refractivity contribution >= 4 is 0 Å². The molecule has 0 spiro atoms. The molecule has 1 aromatic rings. The van der Waals surface area contributed by atoms with Crippen molar-refractivity contribution in [2.75, 3.05) is 0 Å². The highest BCUT2D eigenvalue weighted by Crippen LogP contribution is 2.31. The molecule has 1 fully saturated rings. The van der Waals surface area contributed by atoms with Crippen molar-refractivity contribution in [3.05, 3.63) is 29.3 Å². The zero-order valence-corrected chi connectivity index (χ0v) is 11.3. The lowest BCUT2D eigenvalue weighted by Gasteiger charge is -2.31. The molecule has 0 aromatic heterocycles. The van der Waals surface area contributed by atoms with Crippen LogP contribution in [0.3, 0.4) is 0 Å². The Morgan fingerprint density at radius 3 is 2.71 bits per heavy atom. The average Bonchev–Trinajstić information content (AvgIpc) is 2.34. The van der Waals surface area contributed by atoms with Gasteiger partial charge in [-0.25, -0.2) is 0 Å². The lowest BCUT2D eigenvalue weighted by Crippen LogP contribution is -2.30. The maximum Gasteiger partial charge on any atom is 0.122 e. The second-order valence-electron chi connectivity index (χ2n) is 5.38. The Bertz CT molecular complexity index is 370. The highest BCUT2D eigenvalue weighted by Gasteiger charge is 2.25. The molecule has 2 rings (SSSR count). The summed E-state index contributed by atoms with van der Waals surface area (Å²) in [6, 6.07) is 6.49. The molecule has 1 aliphatic rings. The summed E-state index contributed by atoms with van der Waals surface area (Å²) in [7, 11) is 0. The first-order chi connectivity index (χ1) is 8.20. The summed E-state index contributed by atoms with van der Waals surface area (Å²) in [6.45, 7) is 6.55. The Kier molecular flexibility index (Phi) is 4.09. The van der Waals surface area contributed by atoms with Crippen LogP contribution in [0.25, 0.3) is 0 Å². The van der Waals surface area contributed by atoms with Gasteiger partial charge in [0.05, 0.1) is 0 Å². The topological polar surface area (TPSA) is 9.23 Å². The summed E-state index contributed by atoms with van der Waals surface area (Å²) < 4.78 is 6.27. The van der Waals surface area contributed by atoms with E-state index in [4.69, 9.17) is 4.74 Å². The molecule has 1 saturated carbocycles. The van der Waals surface area contributed by atoms with Gasteiger partial charge in [-0.2, -0.15) is 0 Å². The second-order valence-corrected chi connectivity index (χ2v) is 5.38. The van der Waals surface area contributed by atoms with Crippen LogP contribution in [0.1, 0.15) is 50.2 Å². The summed E-state index contributed by atoms with van der Waals surface area (Å²) in [5, 5.41) is 0. The molecule has 0 bridgehead atoms. The number of ether oxygens (including phenoxy) is 1.